The summed E-state index contributed by atoms with van der Waals surface area (Å²) in [5, 5.41) is 13.6. The molecule has 2 aromatic carbocycles. The number of aliphatic hydroxyl groups excluding tert-OH is 1. The van der Waals surface area contributed by atoms with Gasteiger partial charge in [0.15, 0.2) is 0 Å². The lowest BCUT2D eigenvalue weighted by molar-refractivity contribution is 0.0574. The molecule has 1 fully saturated rings. The summed E-state index contributed by atoms with van der Waals surface area (Å²) in [4.78, 5) is 3.76. The third-order valence-electron chi connectivity index (χ3n) is 5.38. The van der Waals surface area contributed by atoms with E-state index in [-0.39, 0.29) is 6.61 Å². The van der Waals surface area contributed by atoms with Crippen molar-refractivity contribution in [1.82, 2.24) is 9.91 Å². The molecule has 0 spiro atoms. The number of nitrogens with zero attached hydrogens (tertiary/aromatic N) is 3. The molecule has 0 atom stereocenters. The van der Waals surface area contributed by atoms with Gasteiger partial charge in [0, 0.05) is 49.6 Å². The maximum absolute atomic E-state index is 8.83. The number of hydrazine groups is 1. The van der Waals surface area contributed by atoms with Crippen molar-refractivity contribution in [2.75, 3.05) is 57.6 Å². The number of thioether (sulfide) groups is 1. The summed E-state index contributed by atoms with van der Waals surface area (Å²) in [6.07, 6.45) is 4.46. The standard InChI is InChI=1S/C23H29N3O2S/c27-16-18-28-17-15-24-11-13-25(14-12-24)26-10-9-20-5-2-4-8-23(20)29-19-21-6-1-3-7-22(21)26/h1-10,27H,11-19H2. The van der Waals surface area contributed by atoms with Gasteiger partial charge in [-0.15, -0.1) is 11.8 Å². The Morgan fingerprint density at radius 1 is 0.931 bits per heavy atom. The Labute approximate surface area is 177 Å². The summed E-state index contributed by atoms with van der Waals surface area (Å²) >= 11 is 1.90. The van der Waals surface area contributed by atoms with Crippen molar-refractivity contribution >= 4 is 23.5 Å². The zero-order chi connectivity index (χ0) is 19.9. The summed E-state index contributed by atoms with van der Waals surface area (Å²) < 4.78 is 5.42. The van der Waals surface area contributed by atoms with Crippen molar-refractivity contribution in [3.8, 4) is 0 Å². The van der Waals surface area contributed by atoms with Gasteiger partial charge in [0.25, 0.3) is 0 Å². The number of rotatable bonds is 6. The van der Waals surface area contributed by atoms with E-state index in [4.69, 9.17) is 9.84 Å². The van der Waals surface area contributed by atoms with Crippen molar-refractivity contribution in [1.29, 1.82) is 0 Å². The van der Waals surface area contributed by atoms with Crippen LogP contribution < -0.4 is 5.01 Å². The first-order chi connectivity index (χ1) is 14.3. The molecule has 4 rings (SSSR count). The lowest BCUT2D eigenvalue weighted by atomic mass is 10.2. The van der Waals surface area contributed by atoms with E-state index in [0.717, 1.165) is 38.5 Å². The highest BCUT2D eigenvalue weighted by molar-refractivity contribution is 7.98. The fourth-order valence-corrected chi connectivity index (χ4v) is 4.81. The largest absolute Gasteiger partial charge is 0.394 e. The highest BCUT2D eigenvalue weighted by Gasteiger charge is 2.23. The van der Waals surface area contributed by atoms with E-state index in [2.05, 4.69) is 75.7 Å². The van der Waals surface area contributed by atoms with Gasteiger partial charge in [-0.3, -0.25) is 9.91 Å². The molecular formula is C23H29N3O2S. The fraction of sp³-hybridized carbons (Fsp3) is 0.391. The molecule has 2 aromatic rings. The van der Waals surface area contributed by atoms with Gasteiger partial charge < -0.3 is 9.84 Å². The maximum Gasteiger partial charge on any atom is 0.0698 e. The van der Waals surface area contributed by atoms with E-state index >= 15 is 0 Å². The molecule has 0 unspecified atom stereocenters. The lowest BCUT2D eigenvalue weighted by Gasteiger charge is -2.41. The number of ether oxygens (including phenoxy) is 1. The minimum Gasteiger partial charge on any atom is -0.394 e. The Bertz CT molecular complexity index is 821. The smallest absolute Gasteiger partial charge is 0.0698 e. The molecule has 5 nitrogen and oxygen atoms in total. The van der Waals surface area contributed by atoms with Gasteiger partial charge in [-0.05, 0) is 29.3 Å². The molecule has 1 N–H and O–H groups in total. The van der Waals surface area contributed by atoms with Gasteiger partial charge in [0.05, 0.1) is 25.5 Å². The average molecular weight is 412 g/mol. The molecule has 0 saturated carbocycles. The molecule has 0 amide bonds. The number of para-hydroxylation sites is 1. The first-order valence-corrected chi connectivity index (χ1v) is 11.3. The Balaban J connectivity index is 1.49. The van der Waals surface area contributed by atoms with Crippen LogP contribution in [0.1, 0.15) is 11.1 Å². The molecule has 0 aromatic heterocycles. The normalized spacial score (nSPS) is 17.9. The molecule has 2 heterocycles. The summed E-state index contributed by atoms with van der Waals surface area (Å²) in [5.41, 5.74) is 3.90. The fourth-order valence-electron chi connectivity index (χ4n) is 3.78. The van der Waals surface area contributed by atoms with Crippen LogP contribution in [0.3, 0.4) is 0 Å². The molecule has 0 radical (unpaired) electrons. The second-order valence-electron chi connectivity index (χ2n) is 7.25. The Morgan fingerprint density at radius 3 is 2.59 bits per heavy atom. The third-order valence-corrected chi connectivity index (χ3v) is 6.51. The van der Waals surface area contributed by atoms with E-state index < -0.39 is 0 Å². The second-order valence-corrected chi connectivity index (χ2v) is 8.26. The summed E-state index contributed by atoms with van der Waals surface area (Å²) in [7, 11) is 0. The molecule has 29 heavy (non-hydrogen) atoms. The number of anilines is 1. The monoisotopic (exact) mass is 411 g/mol. The Morgan fingerprint density at radius 2 is 1.72 bits per heavy atom. The van der Waals surface area contributed by atoms with Crippen molar-refractivity contribution in [2.45, 2.75) is 10.6 Å². The topological polar surface area (TPSA) is 39.2 Å². The first-order valence-electron chi connectivity index (χ1n) is 10.3. The van der Waals surface area contributed by atoms with Gasteiger partial charge in [-0.1, -0.05) is 36.4 Å². The van der Waals surface area contributed by atoms with Crippen molar-refractivity contribution in [3.05, 3.63) is 65.9 Å². The quantitative estimate of drug-likeness (QED) is 0.736. The van der Waals surface area contributed by atoms with Gasteiger partial charge >= 0.3 is 0 Å². The Kier molecular flexibility index (Phi) is 7.24. The van der Waals surface area contributed by atoms with Crippen LogP contribution in [0.5, 0.6) is 0 Å². The number of fused-ring (bicyclic) bond motifs is 2. The number of piperazine rings is 1. The summed E-state index contributed by atoms with van der Waals surface area (Å²) in [6, 6.07) is 17.4. The minimum atomic E-state index is 0.0932. The van der Waals surface area contributed by atoms with Crippen molar-refractivity contribution in [2.24, 2.45) is 0 Å². The Hall–Kier alpha value is -1.83. The number of aliphatic hydroxyl groups is 1. The van der Waals surface area contributed by atoms with E-state index in [1.165, 1.54) is 21.7 Å². The van der Waals surface area contributed by atoms with Crippen molar-refractivity contribution in [3.63, 3.8) is 0 Å². The molecule has 1 saturated heterocycles. The third kappa shape index (κ3) is 5.21. The van der Waals surface area contributed by atoms with Crippen LogP contribution in [0.15, 0.2) is 59.6 Å². The zero-order valence-corrected chi connectivity index (χ0v) is 17.6. The van der Waals surface area contributed by atoms with E-state index in [1.807, 2.05) is 11.8 Å². The van der Waals surface area contributed by atoms with Gasteiger partial charge in [-0.25, -0.2) is 5.01 Å². The average Bonchev–Trinajstić information content (AvgIpc) is 2.85. The van der Waals surface area contributed by atoms with Crippen LogP contribution in [-0.2, 0) is 10.5 Å². The van der Waals surface area contributed by atoms with Crippen LogP contribution in [0.25, 0.3) is 6.08 Å². The van der Waals surface area contributed by atoms with Crippen LogP contribution in [0.4, 0.5) is 5.69 Å². The second kappa shape index (κ2) is 10.3. The van der Waals surface area contributed by atoms with Crippen LogP contribution in [0.2, 0.25) is 0 Å². The predicted octanol–water partition coefficient (Wildman–Crippen LogP) is 3.31. The number of benzene rings is 2. The zero-order valence-electron chi connectivity index (χ0n) is 16.7. The molecular weight excluding hydrogens is 382 g/mol. The molecule has 0 bridgehead atoms. The minimum absolute atomic E-state index is 0.0932. The number of hydrogen-bond acceptors (Lipinski definition) is 6. The molecule has 6 heteroatoms. The van der Waals surface area contributed by atoms with Crippen molar-refractivity contribution < 1.29 is 9.84 Å². The molecule has 154 valence electrons. The van der Waals surface area contributed by atoms with Gasteiger partial charge in [0.2, 0.25) is 0 Å². The predicted molar refractivity (Wildman–Crippen MR) is 120 cm³/mol. The SMILES string of the molecule is OCCOCCN1CCN(N2C=Cc3ccccc3SCc3ccccc32)CC1. The van der Waals surface area contributed by atoms with E-state index in [9.17, 15) is 0 Å². The molecule has 2 aliphatic heterocycles. The van der Waals surface area contributed by atoms with Crippen LogP contribution in [-0.4, -0.2) is 67.6 Å². The van der Waals surface area contributed by atoms with Crippen LogP contribution >= 0.6 is 11.8 Å². The molecule has 2 aliphatic rings. The summed E-state index contributed by atoms with van der Waals surface area (Å²) in [5.74, 6) is 0.966. The first kappa shape index (κ1) is 20.4. The van der Waals surface area contributed by atoms with E-state index in [1.54, 1.807) is 0 Å². The highest BCUT2D eigenvalue weighted by atomic mass is 32.2. The number of hydrogen-bond donors (Lipinski definition) is 1. The summed E-state index contributed by atoms with van der Waals surface area (Å²) in [6.45, 7) is 6.11. The van der Waals surface area contributed by atoms with Crippen LogP contribution in [0, 0.1) is 0 Å². The maximum atomic E-state index is 8.83. The highest BCUT2D eigenvalue weighted by Crippen LogP contribution is 2.34. The van der Waals surface area contributed by atoms with E-state index in [0.29, 0.717) is 13.2 Å². The van der Waals surface area contributed by atoms with Gasteiger partial charge in [-0.2, -0.15) is 0 Å². The lowest BCUT2D eigenvalue weighted by Crippen LogP contribution is -2.53. The van der Waals surface area contributed by atoms with Gasteiger partial charge in [0.1, 0.15) is 0 Å². The molecule has 0 aliphatic carbocycles.